The van der Waals surface area contributed by atoms with Gasteiger partial charge in [-0.3, -0.25) is 0 Å². The Labute approximate surface area is 63.4 Å². The van der Waals surface area contributed by atoms with Gasteiger partial charge in [0.05, 0.1) is 6.10 Å². The molecule has 0 saturated heterocycles. The number of rotatable bonds is 2. The Bertz CT molecular complexity index is 98.9. The van der Waals surface area contributed by atoms with Crippen LogP contribution in [-0.4, -0.2) is 11.2 Å². The molecule has 0 amide bonds. The minimum absolute atomic E-state index is 0.00319. The van der Waals surface area contributed by atoms with Crippen LogP contribution in [0.5, 0.6) is 0 Å². The highest BCUT2D eigenvalue weighted by Gasteiger charge is 2.29. The number of aliphatic hydroxyl groups excluding tert-OH is 1. The topological polar surface area (TPSA) is 20.2 Å². The maximum Gasteiger partial charge on any atom is 0.0568 e. The summed E-state index contributed by atoms with van der Waals surface area (Å²) in [7, 11) is 0. The van der Waals surface area contributed by atoms with Crippen molar-refractivity contribution in [1.29, 1.82) is 0 Å². The molecule has 1 aliphatic rings. The maximum atomic E-state index is 9.39. The SMILES string of the molecule is CCCC1CCC(O)C1C. The van der Waals surface area contributed by atoms with Crippen molar-refractivity contribution in [1.82, 2.24) is 0 Å². The summed E-state index contributed by atoms with van der Waals surface area (Å²) in [6.07, 6.45) is 4.85. The molecule has 0 spiro atoms. The van der Waals surface area contributed by atoms with Gasteiger partial charge in [-0.2, -0.15) is 0 Å². The highest BCUT2D eigenvalue weighted by Crippen LogP contribution is 2.34. The van der Waals surface area contributed by atoms with Crippen molar-refractivity contribution in [2.45, 2.75) is 45.6 Å². The molecule has 60 valence electrons. The number of hydrogen-bond donors (Lipinski definition) is 1. The van der Waals surface area contributed by atoms with Crippen molar-refractivity contribution in [2.24, 2.45) is 11.8 Å². The zero-order valence-corrected chi connectivity index (χ0v) is 7.01. The van der Waals surface area contributed by atoms with Crippen LogP contribution < -0.4 is 0 Å². The van der Waals surface area contributed by atoms with Crippen molar-refractivity contribution < 1.29 is 5.11 Å². The van der Waals surface area contributed by atoms with Crippen LogP contribution in [0, 0.1) is 11.8 Å². The smallest absolute Gasteiger partial charge is 0.0568 e. The van der Waals surface area contributed by atoms with E-state index in [9.17, 15) is 5.11 Å². The van der Waals surface area contributed by atoms with Gasteiger partial charge in [0.25, 0.3) is 0 Å². The second-order valence-electron chi connectivity index (χ2n) is 3.55. The molecule has 0 heterocycles. The lowest BCUT2D eigenvalue weighted by molar-refractivity contribution is 0.126. The molecule has 0 bridgehead atoms. The first-order valence-electron chi connectivity index (χ1n) is 4.43. The molecule has 3 unspecified atom stereocenters. The van der Waals surface area contributed by atoms with Crippen LogP contribution in [0.1, 0.15) is 39.5 Å². The molecule has 1 nitrogen and oxygen atoms in total. The third-order valence-electron chi connectivity index (χ3n) is 2.84. The summed E-state index contributed by atoms with van der Waals surface area (Å²) >= 11 is 0. The molecule has 1 aliphatic carbocycles. The molecule has 3 atom stereocenters. The van der Waals surface area contributed by atoms with E-state index in [0.29, 0.717) is 5.92 Å². The highest BCUT2D eigenvalue weighted by molar-refractivity contribution is 4.80. The van der Waals surface area contributed by atoms with Crippen LogP contribution in [-0.2, 0) is 0 Å². The van der Waals surface area contributed by atoms with E-state index in [0.717, 1.165) is 12.3 Å². The molecule has 1 rings (SSSR count). The molecule has 0 aromatic carbocycles. The normalized spacial score (nSPS) is 40.5. The molecule has 1 fully saturated rings. The third kappa shape index (κ3) is 1.51. The van der Waals surface area contributed by atoms with E-state index < -0.39 is 0 Å². The minimum atomic E-state index is -0.00319. The molecular formula is C9H18O. The Hall–Kier alpha value is -0.0400. The van der Waals surface area contributed by atoms with Crippen molar-refractivity contribution in [3.8, 4) is 0 Å². The van der Waals surface area contributed by atoms with Crippen molar-refractivity contribution >= 4 is 0 Å². The molecule has 10 heavy (non-hydrogen) atoms. The Morgan fingerprint density at radius 3 is 2.50 bits per heavy atom. The molecule has 1 N–H and O–H groups in total. The van der Waals surface area contributed by atoms with Gasteiger partial charge in [-0.25, -0.2) is 0 Å². The fourth-order valence-electron chi connectivity index (χ4n) is 2.00. The average Bonchev–Trinajstić information content (AvgIpc) is 2.20. The van der Waals surface area contributed by atoms with Crippen molar-refractivity contribution in [3.05, 3.63) is 0 Å². The van der Waals surface area contributed by atoms with E-state index in [1.54, 1.807) is 0 Å². The average molecular weight is 142 g/mol. The summed E-state index contributed by atoms with van der Waals surface area (Å²) in [4.78, 5) is 0. The minimum Gasteiger partial charge on any atom is -0.393 e. The van der Waals surface area contributed by atoms with E-state index in [4.69, 9.17) is 0 Å². The second-order valence-corrected chi connectivity index (χ2v) is 3.55. The fourth-order valence-corrected chi connectivity index (χ4v) is 2.00. The lowest BCUT2D eigenvalue weighted by Crippen LogP contribution is -2.14. The largest absolute Gasteiger partial charge is 0.393 e. The quantitative estimate of drug-likeness (QED) is 0.626. The fraction of sp³-hybridized carbons (Fsp3) is 1.00. The molecule has 1 heteroatoms. The molecule has 0 aromatic rings. The van der Waals surface area contributed by atoms with Crippen LogP contribution in [0.3, 0.4) is 0 Å². The van der Waals surface area contributed by atoms with Gasteiger partial charge in [-0.1, -0.05) is 26.7 Å². The Kier molecular flexibility index (Phi) is 2.72. The van der Waals surface area contributed by atoms with Crippen LogP contribution in [0.4, 0.5) is 0 Å². The standard InChI is InChI=1S/C9H18O/c1-3-4-8-5-6-9(10)7(8)2/h7-10H,3-6H2,1-2H3. The Morgan fingerprint density at radius 2 is 2.10 bits per heavy atom. The predicted octanol–water partition coefficient (Wildman–Crippen LogP) is 2.19. The molecule has 0 aromatic heterocycles. The van der Waals surface area contributed by atoms with Gasteiger partial charge in [0, 0.05) is 0 Å². The van der Waals surface area contributed by atoms with E-state index >= 15 is 0 Å². The van der Waals surface area contributed by atoms with Crippen molar-refractivity contribution in [3.63, 3.8) is 0 Å². The van der Waals surface area contributed by atoms with Crippen LogP contribution >= 0.6 is 0 Å². The van der Waals surface area contributed by atoms with Gasteiger partial charge < -0.3 is 5.11 Å². The number of hydrogen-bond acceptors (Lipinski definition) is 1. The highest BCUT2D eigenvalue weighted by atomic mass is 16.3. The molecular weight excluding hydrogens is 124 g/mol. The van der Waals surface area contributed by atoms with E-state index in [1.165, 1.54) is 19.3 Å². The summed E-state index contributed by atoms with van der Waals surface area (Å²) < 4.78 is 0. The lowest BCUT2D eigenvalue weighted by Gasteiger charge is -2.15. The Balaban J connectivity index is 2.33. The summed E-state index contributed by atoms with van der Waals surface area (Å²) in [5.41, 5.74) is 0. The van der Waals surface area contributed by atoms with E-state index in [1.807, 2.05) is 0 Å². The van der Waals surface area contributed by atoms with Crippen LogP contribution in [0.2, 0.25) is 0 Å². The monoisotopic (exact) mass is 142 g/mol. The predicted molar refractivity (Wildman–Crippen MR) is 42.8 cm³/mol. The maximum absolute atomic E-state index is 9.39. The first-order valence-corrected chi connectivity index (χ1v) is 4.43. The van der Waals surface area contributed by atoms with Crippen LogP contribution in [0.25, 0.3) is 0 Å². The lowest BCUT2D eigenvalue weighted by atomic mass is 9.93. The zero-order valence-electron chi connectivity index (χ0n) is 7.01. The molecule has 0 aliphatic heterocycles. The Morgan fingerprint density at radius 1 is 1.40 bits per heavy atom. The van der Waals surface area contributed by atoms with Crippen LogP contribution in [0.15, 0.2) is 0 Å². The zero-order chi connectivity index (χ0) is 7.56. The summed E-state index contributed by atoms with van der Waals surface area (Å²) in [5.74, 6) is 1.36. The second kappa shape index (κ2) is 3.38. The van der Waals surface area contributed by atoms with Gasteiger partial charge >= 0.3 is 0 Å². The molecule has 1 saturated carbocycles. The van der Waals surface area contributed by atoms with Gasteiger partial charge in [-0.15, -0.1) is 0 Å². The first kappa shape index (κ1) is 8.06. The third-order valence-corrected chi connectivity index (χ3v) is 2.84. The van der Waals surface area contributed by atoms with Crippen molar-refractivity contribution in [2.75, 3.05) is 0 Å². The van der Waals surface area contributed by atoms with Gasteiger partial charge in [0.1, 0.15) is 0 Å². The van der Waals surface area contributed by atoms with Gasteiger partial charge in [-0.05, 0) is 24.7 Å². The van der Waals surface area contributed by atoms with E-state index in [2.05, 4.69) is 13.8 Å². The summed E-state index contributed by atoms with van der Waals surface area (Å²) in [6.45, 7) is 4.40. The summed E-state index contributed by atoms with van der Waals surface area (Å²) in [6, 6.07) is 0. The van der Waals surface area contributed by atoms with Gasteiger partial charge in [0.15, 0.2) is 0 Å². The van der Waals surface area contributed by atoms with E-state index in [-0.39, 0.29) is 6.10 Å². The molecule has 0 radical (unpaired) electrons. The number of aliphatic hydroxyl groups is 1. The summed E-state index contributed by atoms with van der Waals surface area (Å²) in [5, 5.41) is 9.39. The van der Waals surface area contributed by atoms with Gasteiger partial charge in [0.2, 0.25) is 0 Å². The first-order chi connectivity index (χ1) is 4.75.